The van der Waals surface area contributed by atoms with E-state index < -0.39 is 0 Å². The van der Waals surface area contributed by atoms with E-state index in [-0.39, 0.29) is 18.0 Å². The van der Waals surface area contributed by atoms with Crippen LogP contribution < -0.4 is 11.0 Å². The summed E-state index contributed by atoms with van der Waals surface area (Å²) in [6, 6.07) is 8.98. The molecule has 28 heavy (non-hydrogen) atoms. The van der Waals surface area contributed by atoms with Crippen LogP contribution in [0.1, 0.15) is 12.3 Å². The topological polar surface area (TPSA) is 108 Å². The number of carbonyl (C=O) groups is 1. The second kappa shape index (κ2) is 7.10. The molecule has 4 rings (SSSR count). The van der Waals surface area contributed by atoms with Crippen molar-refractivity contribution in [2.24, 2.45) is 14.1 Å². The number of nitrogens with one attached hydrogen (secondary N) is 1. The molecule has 0 saturated heterocycles. The second-order valence-corrected chi connectivity index (χ2v) is 6.41. The highest BCUT2D eigenvalue weighted by Gasteiger charge is 2.12. The van der Waals surface area contributed by atoms with E-state index in [2.05, 4.69) is 20.4 Å². The van der Waals surface area contributed by atoms with E-state index in [0.717, 1.165) is 16.6 Å². The second-order valence-electron chi connectivity index (χ2n) is 6.41. The molecule has 0 fully saturated rings. The van der Waals surface area contributed by atoms with Crippen molar-refractivity contribution in [2.45, 2.75) is 12.8 Å². The molecule has 0 saturated carbocycles. The van der Waals surface area contributed by atoms with Gasteiger partial charge in [0.2, 0.25) is 17.6 Å². The summed E-state index contributed by atoms with van der Waals surface area (Å²) >= 11 is 0. The van der Waals surface area contributed by atoms with Gasteiger partial charge in [-0.1, -0.05) is 5.16 Å². The minimum Gasteiger partial charge on any atom is -0.339 e. The number of hydrogen-bond donors (Lipinski definition) is 1. The molecule has 9 heteroatoms. The number of imidazole rings is 1. The number of rotatable bonds is 5. The number of aryl methyl sites for hydroxylation is 3. The maximum Gasteiger partial charge on any atom is 0.328 e. The summed E-state index contributed by atoms with van der Waals surface area (Å²) in [5.41, 5.74) is 2.82. The normalized spacial score (nSPS) is 11.1. The van der Waals surface area contributed by atoms with Crippen LogP contribution in [0.25, 0.3) is 22.4 Å². The Kier molecular flexibility index (Phi) is 4.48. The standard InChI is InChI=1S/C19H18N6O3/c1-24-14-6-5-13(10-15(14)25(2)19(24)27)21-16(26)7-8-17-22-18(23-28-17)12-4-3-9-20-11-12/h3-6,9-11H,7-8H2,1-2H3,(H,21,26). The fourth-order valence-corrected chi connectivity index (χ4v) is 3.00. The summed E-state index contributed by atoms with van der Waals surface area (Å²) in [7, 11) is 3.42. The lowest BCUT2D eigenvalue weighted by molar-refractivity contribution is -0.116. The highest BCUT2D eigenvalue weighted by Crippen LogP contribution is 2.18. The fraction of sp³-hybridized carbons (Fsp3) is 0.211. The third-order valence-corrected chi connectivity index (χ3v) is 4.51. The molecule has 0 unspecified atom stereocenters. The van der Waals surface area contributed by atoms with Gasteiger partial charge >= 0.3 is 5.69 Å². The van der Waals surface area contributed by atoms with E-state index in [4.69, 9.17) is 4.52 Å². The van der Waals surface area contributed by atoms with Crippen LogP contribution in [0.15, 0.2) is 52.0 Å². The zero-order valence-corrected chi connectivity index (χ0v) is 15.4. The highest BCUT2D eigenvalue weighted by molar-refractivity contribution is 5.93. The Morgan fingerprint density at radius 2 is 2.00 bits per heavy atom. The van der Waals surface area contributed by atoms with Gasteiger partial charge in [0.1, 0.15) is 0 Å². The Hall–Kier alpha value is -3.75. The van der Waals surface area contributed by atoms with Crippen LogP contribution >= 0.6 is 0 Å². The molecule has 0 radical (unpaired) electrons. The Labute approximate surface area is 159 Å². The summed E-state index contributed by atoms with van der Waals surface area (Å²) in [5, 5.41) is 6.75. The molecule has 0 atom stereocenters. The SMILES string of the molecule is Cn1c(=O)n(C)c2cc(NC(=O)CCc3nc(-c4cccnc4)no3)ccc21. The fourth-order valence-electron chi connectivity index (χ4n) is 3.00. The molecule has 0 aliphatic heterocycles. The summed E-state index contributed by atoms with van der Waals surface area (Å²) < 4.78 is 8.31. The van der Waals surface area contributed by atoms with Crippen LogP contribution in [0.2, 0.25) is 0 Å². The van der Waals surface area contributed by atoms with Gasteiger partial charge in [-0.05, 0) is 30.3 Å². The molecule has 3 aromatic heterocycles. The Balaban J connectivity index is 1.41. The molecular formula is C19H18N6O3. The Morgan fingerprint density at radius 3 is 2.79 bits per heavy atom. The highest BCUT2D eigenvalue weighted by atomic mass is 16.5. The lowest BCUT2D eigenvalue weighted by atomic mass is 10.2. The molecular weight excluding hydrogens is 360 g/mol. The van der Waals surface area contributed by atoms with E-state index >= 15 is 0 Å². The van der Waals surface area contributed by atoms with Gasteiger partial charge in [0.15, 0.2) is 0 Å². The van der Waals surface area contributed by atoms with Crippen molar-refractivity contribution in [3.8, 4) is 11.4 Å². The van der Waals surface area contributed by atoms with Crippen LogP contribution in [-0.2, 0) is 25.3 Å². The number of amides is 1. The van der Waals surface area contributed by atoms with Gasteiger partial charge < -0.3 is 9.84 Å². The van der Waals surface area contributed by atoms with E-state index in [1.54, 1.807) is 53.8 Å². The predicted octanol–water partition coefficient (Wildman–Crippen LogP) is 1.89. The number of pyridine rings is 1. The quantitative estimate of drug-likeness (QED) is 0.568. The van der Waals surface area contributed by atoms with Gasteiger partial charge in [-0.15, -0.1) is 0 Å². The first-order chi connectivity index (χ1) is 13.5. The van der Waals surface area contributed by atoms with Gasteiger partial charge in [-0.3, -0.25) is 18.9 Å². The first-order valence-corrected chi connectivity index (χ1v) is 8.71. The smallest absolute Gasteiger partial charge is 0.328 e. The van der Waals surface area contributed by atoms with Gasteiger partial charge in [-0.25, -0.2) is 4.79 Å². The Bertz CT molecular complexity index is 1210. The summed E-state index contributed by atoms with van der Waals surface area (Å²) in [6.07, 6.45) is 3.83. The first-order valence-electron chi connectivity index (χ1n) is 8.71. The molecule has 0 bridgehead atoms. The van der Waals surface area contributed by atoms with Crippen molar-refractivity contribution in [1.29, 1.82) is 0 Å². The molecule has 1 aromatic carbocycles. The number of nitrogens with zero attached hydrogens (tertiary/aromatic N) is 5. The minimum absolute atomic E-state index is 0.112. The molecule has 0 aliphatic rings. The van der Waals surface area contributed by atoms with Gasteiger partial charge in [0.25, 0.3) is 0 Å². The van der Waals surface area contributed by atoms with E-state index in [1.807, 2.05) is 12.1 Å². The molecule has 9 nitrogen and oxygen atoms in total. The lowest BCUT2D eigenvalue weighted by Crippen LogP contribution is -2.19. The lowest BCUT2D eigenvalue weighted by Gasteiger charge is -2.05. The van der Waals surface area contributed by atoms with Crippen LogP contribution in [-0.4, -0.2) is 30.2 Å². The van der Waals surface area contributed by atoms with Crippen molar-refractivity contribution in [2.75, 3.05) is 5.32 Å². The van der Waals surface area contributed by atoms with E-state index in [1.165, 1.54) is 0 Å². The molecule has 1 N–H and O–H groups in total. The summed E-state index contributed by atoms with van der Waals surface area (Å²) in [5.74, 6) is 0.648. The molecule has 3 heterocycles. The maximum absolute atomic E-state index is 12.3. The van der Waals surface area contributed by atoms with Crippen molar-refractivity contribution < 1.29 is 9.32 Å². The number of benzene rings is 1. The number of carbonyl (C=O) groups excluding carboxylic acids is 1. The average molecular weight is 378 g/mol. The van der Waals surface area contributed by atoms with Gasteiger partial charge in [0, 0.05) is 50.6 Å². The number of hydrogen-bond acceptors (Lipinski definition) is 6. The van der Waals surface area contributed by atoms with Crippen LogP contribution in [0.3, 0.4) is 0 Å². The Morgan fingerprint density at radius 1 is 1.18 bits per heavy atom. The van der Waals surface area contributed by atoms with Crippen molar-refractivity contribution in [3.05, 3.63) is 59.1 Å². The molecule has 0 aliphatic carbocycles. The monoisotopic (exact) mass is 378 g/mol. The first kappa shape index (κ1) is 17.7. The number of aromatic nitrogens is 5. The number of fused-ring (bicyclic) bond motifs is 1. The predicted molar refractivity (Wildman–Crippen MR) is 103 cm³/mol. The van der Waals surface area contributed by atoms with Crippen molar-refractivity contribution in [1.82, 2.24) is 24.3 Å². The van der Waals surface area contributed by atoms with Crippen molar-refractivity contribution in [3.63, 3.8) is 0 Å². The molecule has 142 valence electrons. The largest absolute Gasteiger partial charge is 0.339 e. The minimum atomic E-state index is -0.179. The van der Waals surface area contributed by atoms with E-state index in [9.17, 15) is 9.59 Å². The van der Waals surface area contributed by atoms with Gasteiger partial charge in [0.05, 0.1) is 11.0 Å². The van der Waals surface area contributed by atoms with E-state index in [0.29, 0.717) is 23.8 Å². The summed E-state index contributed by atoms with van der Waals surface area (Å²) in [6.45, 7) is 0. The van der Waals surface area contributed by atoms with Crippen LogP contribution in [0.4, 0.5) is 5.69 Å². The third kappa shape index (κ3) is 3.29. The molecule has 0 spiro atoms. The van der Waals surface area contributed by atoms with Crippen LogP contribution in [0.5, 0.6) is 0 Å². The van der Waals surface area contributed by atoms with Gasteiger partial charge in [-0.2, -0.15) is 4.98 Å². The zero-order chi connectivity index (χ0) is 19.7. The van der Waals surface area contributed by atoms with Crippen LogP contribution in [0, 0.1) is 0 Å². The summed E-state index contributed by atoms with van der Waals surface area (Å²) in [4.78, 5) is 32.6. The number of anilines is 1. The molecule has 1 amide bonds. The van der Waals surface area contributed by atoms with Crippen molar-refractivity contribution >= 4 is 22.6 Å². The maximum atomic E-state index is 12.3. The molecule has 4 aromatic rings. The zero-order valence-electron chi connectivity index (χ0n) is 15.4. The average Bonchev–Trinajstić information content (AvgIpc) is 3.27. The third-order valence-electron chi connectivity index (χ3n) is 4.51.